The summed E-state index contributed by atoms with van der Waals surface area (Å²) in [5, 5.41) is 2.75. The first-order chi connectivity index (χ1) is 26.2. The van der Waals surface area contributed by atoms with Crippen LogP contribution in [0.4, 0.5) is 11.5 Å². The molecule has 4 heterocycles. The zero-order valence-corrected chi connectivity index (χ0v) is 34.9. The highest BCUT2D eigenvalue weighted by atomic mass is 79.9. The average molecular weight is 872 g/mol. The number of hydrogen-bond donors (Lipinski definition) is 1. The number of rotatable bonds is 17. The van der Waals surface area contributed by atoms with E-state index in [9.17, 15) is 40.3 Å². The number of aromatic nitrogens is 1. The van der Waals surface area contributed by atoms with Crippen molar-refractivity contribution >= 4 is 71.1 Å². The lowest BCUT2D eigenvalue weighted by Gasteiger charge is -2.27. The van der Waals surface area contributed by atoms with Crippen LogP contribution in [0.15, 0.2) is 93.1 Å². The molecule has 1 aromatic carbocycles. The van der Waals surface area contributed by atoms with Crippen molar-refractivity contribution in [1.29, 1.82) is 0 Å². The van der Waals surface area contributed by atoms with E-state index in [1.54, 1.807) is 6.07 Å². The predicted octanol–water partition coefficient (Wildman–Crippen LogP) is 4.34. The number of nitrogens with zero attached hydrogens (tertiary/aromatic N) is 4. The maximum absolute atomic E-state index is 12.4. The first-order valence-electron chi connectivity index (χ1n) is 18.2. The highest BCUT2D eigenvalue weighted by Crippen LogP contribution is 2.48. The fourth-order valence-electron chi connectivity index (χ4n) is 7.10. The number of aliphatic imine (C=N–C) groups is 1. The monoisotopic (exact) mass is 870 g/mol. The van der Waals surface area contributed by atoms with Gasteiger partial charge in [-0.2, -0.15) is 0 Å². The summed E-state index contributed by atoms with van der Waals surface area (Å²) in [5.74, 6) is -0.736. The maximum Gasteiger partial charge on any atom is 0.327 e. The maximum atomic E-state index is 12.4. The molecule has 300 valence electrons. The van der Waals surface area contributed by atoms with Gasteiger partial charge in [0.1, 0.15) is 16.3 Å². The van der Waals surface area contributed by atoms with Crippen molar-refractivity contribution in [2.75, 3.05) is 30.3 Å². The first-order valence-corrected chi connectivity index (χ1v) is 22.0. The summed E-state index contributed by atoms with van der Waals surface area (Å²) in [6, 6.07) is 6.41. The molecule has 0 unspecified atom stereocenters. The van der Waals surface area contributed by atoms with Gasteiger partial charge in [-0.25, -0.2) is 21.4 Å². The molecule has 3 aliphatic heterocycles. The lowest BCUT2D eigenvalue weighted by Crippen LogP contribution is -2.38. The second kappa shape index (κ2) is 17.1. The standard InChI is InChI=1S/C39H46BrN5O9S2/c1-38(2)30-24-27(40)26-43(20-11-23-55(49,50)51)37(30)42-32(38)12-7-5-8-13-33-39(3,4)29-25-28(56(52,53)54)15-16-31(29)44(33)21-10-6-9-14-34(46)41-19-22-45-35(47)17-18-36(45)48/h5,7-8,12-13,15-18,24-26H,6,9-11,14,19-23H2,1-4H3,(H2-,41,46,49,50,51,52,53,54)/p-1. The van der Waals surface area contributed by atoms with Crippen LogP contribution in [0.2, 0.25) is 0 Å². The number of pyridine rings is 1. The number of imide groups is 1. The van der Waals surface area contributed by atoms with Gasteiger partial charge in [-0.3, -0.25) is 19.3 Å². The third kappa shape index (κ3) is 9.98. The highest BCUT2D eigenvalue weighted by molar-refractivity contribution is 9.10. The van der Waals surface area contributed by atoms with Gasteiger partial charge in [-0.15, -0.1) is 0 Å². The van der Waals surface area contributed by atoms with Crippen LogP contribution in [0.25, 0.3) is 0 Å². The summed E-state index contributed by atoms with van der Waals surface area (Å²) in [7, 11) is -9.01. The molecule has 0 spiro atoms. The summed E-state index contributed by atoms with van der Waals surface area (Å²) in [6.07, 6.45) is 16.2. The molecule has 0 saturated carbocycles. The number of benzene rings is 1. The minimum absolute atomic E-state index is 0.108. The van der Waals surface area contributed by atoms with Gasteiger partial charge in [0.15, 0.2) is 5.71 Å². The molecule has 17 heteroatoms. The number of halogens is 1. The molecular weight excluding hydrogens is 826 g/mol. The number of carbonyl (C=O) groups is 3. The molecule has 3 aliphatic rings. The minimum Gasteiger partial charge on any atom is -0.748 e. The molecule has 14 nitrogen and oxygen atoms in total. The Morgan fingerprint density at radius 2 is 1.61 bits per heavy atom. The minimum atomic E-state index is -4.68. The summed E-state index contributed by atoms with van der Waals surface area (Å²) < 4.78 is 72.0. The van der Waals surface area contributed by atoms with E-state index >= 15 is 0 Å². The number of hydrogen-bond acceptors (Lipinski definition) is 11. The Hall–Kier alpha value is -4.29. The van der Waals surface area contributed by atoms with Crippen LogP contribution in [0.5, 0.6) is 0 Å². The molecule has 0 radical (unpaired) electrons. The van der Waals surface area contributed by atoms with Gasteiger partial charge in [0, 0.05) is 60.8 Å². The van der Waals surface area contributed by atoms with Crippen molar-refractivity contribution in [3.05, 3.63) is 94.3 Å². The van der Waals surface area contributed by atoms with Gasteiger partial charge in [0.2, 0.25) is 5.91 Å². The Morgan fingerprint density at radius 3 is 2.29 bits per heavy atom. The third-order valence-corrected chi connectivity index (χ3v) is 12.2. The SMILES string of the molecule is CC1(C)C(/C=C/C=C/C=C2\N(CCCCCC(=O)NCCN3C(=O)C=CC3=O)c3ccc(S(=O)(=O)[O-])cc3C2(C)C)=Nc2c1cc(Br)c[n+]2CCCS(=O)(=O)[O-]. The summed E-state index contributed by atoms with van der Waals surface area (Å²) in [5.41, 5.74) is 3.03. The highest BCUT2D eigenvalue weighted by Gasteiger charge is 2.43. The molecule has 0 fully saturated rings. The van der Waals surface area contributed by atoms with E-state index in [0.29, 0.717) is 37.3 Å². The van der Waals surface area contributed by atoms with Crippen molar-refractivity contribution in [3.8, 4) is 0 Å². The predicted molar refractivity (Wildman–Crippen MR) is 212 cm³/mol. The van der Waals surface area contributed by atoms with E-state index in [-0.39, 0.29) is 36.7 Å². The van der Waals surface area contributed by atoms with Gasteiger partial charge >= 0.3 is 5.82 Å². The van der Waals surface area contributed by atoms with Crippen LogP contribution in [0.1, 0.15) is 70.9 Å². The molecule has 1 N–H and O–H groups in total. The van der Waals surface area contributed by atoms with Crippen LogP contribution in [-0.2, 0) is 52.0 Å². The zero-order chi connectivity index (χ0) is 41.1. The summed E-state index contributed by atoms with van der Waals surface area (Å²) >= 11 is 3.54. The molecule has 0 aliphatic carbocycles. The fraction of sp³-hybridized carbons (Fsp3) is 0.410. The molecule has 1 aromatic heterocycles. The normalized spacial score (nSPS) is 18.1. The van der Waals surface area contributed by atoms with Crippen LogP contribution in [0, 0.1) is 0 Å². The van der Waals surface area contributed by atoms with Crippen molar-refractivity contribution in [1.82, 2.24) is 10.2 Å². The Kier molecular flexibility index (Phi) is 13.1. The Labute approximate surface area is 336 Å². The largest absolute Gasteiger partial charge is 0.748 e. The molecule has 56 heavy (non-hydrogen) atoms. The van der Waals surface area contributed by atoms with E-state index in [4.69, 9.17) is 4.99 Å². The number of amides is 3. The Balaban J connectivity index is 1.26. The van der Waals surface area contributed by atoms with Crippen LogP contribution < -0.4 is 14.8 Å². The lowest BCUT2D eigenvalue weighted by molar-refractivity contribution is -0.684. The molecule has 0 atom stereocenters. The van der Waals surface area contributed by atoms with E-state index < -0.39 is 48.6 Å². The van der Waals surface area contributed by atoms with E-state index in [1.165, 1.54) is 24.3 Å². The van der Waals surface area contributed by atoms with Gasteiger partial charge in [-0.05, 0) is 96.0 Å². The van der Waals surface area contributed by atoms with Gasteiger partial charge in [0.05, 0.1) is 37.0 Å². The molecular formula is C39H45BrN5O9S2-. The van der Waals surface area contributed by atoms with E-state index in [2.05, 4.69) is 26.1 Å². The van der Waals surface area contributed by atoms with Crippen molar-refractivity contribution in [3.63, 3.8) is 0 Å². The molecule has 2 aromatic rings. The number of allylic oxidation sites excluding steroid dienone is 6. The molecule has 3 amide bonds. The summed E-state index contributed by atoms with van der Waals surface area (Å²) in [6.45, 7) is 9.20. The Bertz CT molecular complexity index is 2280. The number of carbonyl (C=O) groups excluding carboxylic acids is 3. The topological polar surface area (TPSA) is 200 Å². The van der Waals surface area contributed by atoms with Crippen LogP contribution in [-0.4, -0.2) is 79.7 Å². The molecule has 0 saturated heterocycles. The zero-order valence-electron chi connectivity index (χ0n) is 31.7. The van der Waals surface area contributed by atoms with Crippen LogP contribution >= 0.6 is 15.9 Å². The average Bonchev–Trinajstić information content (AvgIpc) is 3.64. The van der Waals surface area contributed by atoms with E-state index in [1.807, 2.05) is 74.9 Å². The third-order valence-electron chi connectivity index (χ3n) is 10.1. The second-order valence-electron chi connectivity index (χ2n) is 14.9. The lowest BCUT2D eigenvalue weighted by atomic mass is 9.82. The van der Waals surface area contributed by atoms with Gasteiger partial charge in [0.25, 0.3) is 11.8 Å². The number of unbranched alkanes of at least 4 members (excludes halogenated alkanes) is 2. The van der Waals surface area contributed by atoms with Gasteiger partial charge in [-0.1, -0.05) is 38.5 Å². The quantitative estimate of drug-likeness (QED) is 0.0785. The van der Waals surface area contributed by atoms with Crippen molar-refractivity contribution < 1.29 is 44.9 Å². The first kappa shape index (κ1) is 42.8. The number of aryl methyl sites for hydroxylation is 1. The number of fused-ring (bicyclic) bond motifs is 2. The van der Waals surface area contributed by atoms with Crippen molar-refractivity contribution in [2.24, 2.45) is 4.99 Å². The fourth-order valence-corrected chi connectivity index (χ4v) is 8.55. The van der Waals surface area contributed by atoms with E-state index in [0.717, 1.165) is 38.5 Å². The number of anilines is 1. The Morgan fingerprint density at radius 1 is 0.893 bits per heavy atom. The summed E-state index contributed by atoms with van der Waals surface area (Å²) in [4.78, 5) is 43.6. The van der Waals surface area contributed by atoms with Crippen LogP contribution in [0.3, 0.4) is 0 Å². The van der Waals surface area contributed by atoms with Crippen molar-refractivity contribution in [2.45, 2.75) is 82.1 Å². The smallest absolute Gasteiger partial charge is 0.327 e. The number of nitrogens with one attached hydrogen (secondary N) is 1. The van der Waals surface area contributed by atoms with Gasteiger partial charge < -0.3 is 19.3 Å². The molecule has 0 bridgehead atoms. The molecule has 5 rings (SSSR count). The second-order valence-corrected chi connectivity index (χ2v) is 18.7.